The number of hydrogen-bond donors (Lipinski definition) is 0. The molecule has 2 heterocycles. The number of likely N-dealkylation sites (tertiary alicyclic amines) is 2. The van der Waals surface area contributed by atoms with Crippen LogP contribution in [0.5, 0.6) is 0 Å². The standard InChI is InChI=1S/C40H66N2/c1-2-11-27(12-3-1)28-21-23-30(24-22-28)41-35-18-8-6-16-32(35)39-37(41)25-26-38-40(39)33-17-7-9-19-36(33)42(38)34-20-10-14-29-13-4-5-15-31(29)34/h27-40H,1-26H2. The molecule has 7 saturated carbocycles. The highest BCUT2D eigenvalue weighted by Crippen LogP contribution is 2.62. The van der Waals surface area contributed by atoms with Crippen molar-refractivity contribution in [3.05, 3.63) is 0 Å². The maximum atomic E-state index is 3.41. The third-order valence-corrected chi connectivity index (χ3v) is 16.6. The van der Waals surface area contributed by atoms with Crippen LogP contribution in [0.15, 0.2) is 0 Å². The van der Waals surface area contributed by atoms with Crippen LogP contribution >= 0.6 is 0 Å². The van der Waals surface area contributed by atoms with Gasteiger partial charge in [-0.1, -0.05) is 89.9 Å². The molecular formula is C40H66N2. The van der Waals surface area contributed by atoms with E-state index in [-0.39, 0.29) is 0 Å². The van der Waals surface area contributed by atoms with E-state index in [0.717, 1.165) is 83.6 Å². The average molecular weight is 575 g/mol. The van der Waals surface area contributed by atoms with Gasteiger partial charge in [-0.15, -0.1) is 0 Å². The Morgan fingerprint density at radius 1 is 0.262 bits per heavy atom. The molecular weight excluding hydrogens is 508 g/mol. The molecule has 0 spiro atoms. The molecule has 2 aliphatic heterocycles. The lowest BCUT2D eigenvalue weighted by atomic mass is 9.61. The minimum absolute atomic E-state index is 0.947. The van der Waals surface area contributed by atoms with Gasteiger partial charge in [0.2, 0.25) is 0 Å². The molecule has 2 nitrogen and oxygen atoms in total. The van der Waals surface area contributed by atoms with Gasteiger partial charge >= 0.3 is 0 Å². The number of fused-ring (bicyclic) bond motifs is 8. The summed E-state index contributed by atoms with van der Waals surface area (Å²) in [7, 11) is 0. The van der Waals surface area contributed by atoms with Gasteiger partial charge in [0.1, 0.15) is 0 Å². The molecule has 0 aromatic carbocycles. The minimum atomic E-state index is 0.947. The van der Waals surface area contributed by atoms with Gasteiger partial charge in [-0.25, -0.2) is 0 Å². The second kappa shape index (κ2) is 11.9. The third-order valence-electron chi connectivity index (χ3n) is 16.6. The van der Waals surface area contributed by atoms with Gasteiger partial charge in [0.05, 0.1) is 0 Å². The second-order valence-electron chi connectivity index (χ2n) is 18.0. The summed E-state index contributed by atoms with van der Waals surface area (Å²) in [5.41, 5.74) is 0. The maximum absolute atomic E-state index is 3.41. The second-order valence-corrected chi connectivity index (χ2v) is 18.0. The topological polar surface area (TPSA) is 6.48 Å². The molecule has 7 aliphatic carbocycles. The summed E-state index contributed by atoms with van der Waals surface area (Å²) in [4.78, 5) is 6.77. The molecule has 42 heavy (non-hydrogen) atoms. The van der Waals surface area contributed by atoms with Crippen molar-refractivity contribution >= 4 is 0 Å². The predicted octanol–water partition coefficient (Wildman–Crippen LogP) is 10.00. The van der Waals surface area contributed by atoms with Crippen LogP contribution in [-0.4, -0.2) is 46.1 Å². The molecule has 11 atom stereocenters. The summed E-state index contributed by atoms with van der Waals surface area (Å²) < 4.78 is 0. The van der Waals surface area contributed by atoms with Crippen LogP contribution < -0.4 is 0 Å². The normalized spacial score (nSPS) is 52.1. The first-order valence-corrected chi connectivity index (χ1v) is 20.4. The van der Waals surface area contributed by atoms with Crippen molar-refractivity contribution in [3.63, 3.8) is 0 Å². The average Bonchev–Trinajstić information content (AvgIpc) is 3.58. The van der Waals surface area contributed by atoms with Crippen LogP contribution in [0.4, 0.5) is 0 Å². The molecule has 11 unspecified atom stereocenters. The molecule has 2 saturated heterocycles. The third kappa shape index (κ3) is 4.66. The molecule has 2 heteroatoms. The minimum Gasteiger partial charge on any atom is -0.294 e. The molecule has 9 aliphatic rings. The smallest absolute Gasteiger partial charge is 0.0137 e. The van der Waals surface area contributed by atoms with E-state index in [4.69, 9.17) is 0 Å². The van der Waals surface area contributed by atoms with E-state index in [0.29, 0.717) is 0 Å². The van der Waals surface area contributed by atoms with Gasteiger partial charge < -0.3 is 0 Å². The fourth-order valence-corrected chi connectivity index (χ4v) is 15.3. The lowest BCUT2D eigenvalue weighted by Gasteiger charge is -2.51. The Morgan fingerprint density at radius 3 is 1.43 bits per heavy atom. The predicted molar refractivity (Wildman–Crippen MR) is 174 cm³/mol. The lowest BCUT2D eigenvalue weighted by molar-refractivity contribution is -0.0195. The largest absolute Gasteiger partial charge is 0.294 e. The highest BCUT2D eigenvalue weighted by atomic mass is 15.3. The van der Waals surface area contributed by atoms with Gasteiger partial charge in [0.25, 0.3) is 0 Å². The summed E-state index contributed by atoms with van der Waals surface area (Å²) >= 11 is 0. The van der Waals surface area contributed by atoms with Gasteiger partial charge in [0.15, 0.2) is 0 Å². The Kier molecular flexibility index (Phi) is 8.00. The van der Waals surface area contributed by atoms with Crippen LogP contribution in [0.3, 0.4) is 0 Å². The summed E-state index contributed by atoms with van der Waals surface area (Å²) in [6.45, 7) is 0. The molecule has 0 bridgehead atoms. The Morgan fingerprint density at radius 2 is 0.714 bits per heavy atom. The first-order chi connectivity index (χ1) is 20.9. The SMILES string of the molecule is C1CCC(C2CCC(N3C4CCCCC4C4C5C6CCCCC6N(C6CCCC7CCCCC76)C5CCC43)CC2)CC1. The van der Waals surface area contributed by atoms with Crippen LogP contribution in [0.2, 0.25) is 0 Å². The first kappa shape index (κ1) is 28.2. The Hall–Kier alpha value is -0.0800. The summed E-state index contributed by atoms with van der Waals surface area (Å²) in [6.07, 6.45) is 40.5. The zero-order valence-corrected chi connectivity index (χ0v) is 27.4. The van der Waals surface area contributed by atoms with Crippen molar-refractivity contribution in [1.29, 1.82) is 0 Å². The van der Waals surface area contributed by atoms with Crippen molar-refractivity contribution < 1.29 is 0 Å². The zero-order valence-electron chi connectivity index (χ0n) is 27.4. The van der Waals surface area contributed by atoms with E-state index >= 15 is 0 Å². The summed E-state index contributed by atoms with van der Waals surface area (Å²) in [5.74, 6) is 8.58. The van der Waals surface area contributed by atoms with Crippen molar-refractivity contribution in [2.24, 2.45) is 47.3 Å². The van der Waals surface area contributed by atoms with Crippen molar-refractivity contribution in [1.82, 2.24) is 9.80 Å². The van der Waals surface area contributed by atoms with Gasteiger partial charge in [0, 0.05) is 36.3 Å². The van der Waals surface area contributed by atoms with Gasteiger partial charge in [-0.05, 0) is 124 Å². The van der Waals surface area contributed by atoms with E-state index in [1.165, 1.54) is 38.5 Å². The molecule has 0 amide bonds. The maximum Gasteiger partial charge on any atom is 0.0137 e. The highest BCUT2D eigenvalue weighted by molar-refractivity contribution is 5.16. The quantitative estimate of drug-likeness (QED) is 0.331. The molecule has 9 rings (SSSR count). The molecule has 0 aromatic heterocycles. The zero-order chi connectivity index (χ0) is 27.6. The molecule has 9 fully saturated rings. The van der Waals surface area contributed by atoms with Gasteiger partial charge in [-0.3, -0.25) is 9.80 Å². The van der Waals surface area contributed by atoms with Crippen LogP contribution in [0, 0.1) is 47.3 Å². The number of hydrogen-bond acceptors (Lipinski definition) is 2. The molecule has 0 N–H and O–H groups in total. The summed E-state index contributed by atoms with van der Waals surface area (Å²) in [6, 6.07) is 5.79. The van der Waals surface area contributed by atoms with Crippen molar-refractivity contribution in [3.8, 4) is 0 Å². The number of rotatable bonds is 3. The first-order valence-electron chi connectivity index (χ1n) is 20.4. The van der Waals surface area contributed by atoms with Crippen molar-refractivity contribution in [2.75, 3.05) is 0 Å². The molecule has 0 aromatic rings. The Balaban J connectivity index is 0.987. The highest BCUT2D eigenvalue weighted by Gasteiger charge is 2.64. The fraction of sp³-hybridized carbons (Fsp3) is 1.00. The Labute approximate surface area is 259 Å². The van der Waals surface area contributed by atoms with Crippen LogP contribution in [0.25, 0.3) is 0 Å². The summed E-state index contributed by atoms with van der Waals surface area (Å²) in [5, 5.41) is 0. The van der Waals surface area contributed by atoms with E-state index in [9.17, 15) is 0 Å². The Bertz CT molecular complexity index is 915. The van der Waals surface area contributed by atoms with Crippen LogP contribution in [-0.2, 0) is 0 Å². The molecule has 236 valence electrons. The fourth-order valence-electron chi connectivity index (χ4n) is 15.3. The number of nitrogens with zero attached hydrogens (tertiary/aromatic N) is 2. The van der Waals surface area contributed by atoms with E-state index in [2.05, 4.69) is 9.80 Å². The van der Waals surface area contributed by atoms with E-state index < -0.39 is 0 Å². The van der Waals surface area contributed by atoms with Crippen molar-refractivity contribution in [2.45, 2.75) is 203 Å². The van der Waals surface area contributed by atoms with Gasteiger partial charge in [-0.2, -0.15) is 0 Å². The molecule has 0 radical (unpaired) electrons. The van der Waals surface area contributed by atoms with E-state index in [1.807, 2.05) is 0 Å². The van der Waals surface area contributed by atoms with E-state index in [1.54, 1.807) is 128 Å². The monoisotopic (exact) mass is 575 g/mol. The lowest BCUT2D eigenvalue weighted by Crippen LogP contribution is -2.55. The van der Waals surface area contributed by atoms with Crippen LogP contribution in [0.1, 0.15) is 167 Å².